The molecular weight excluding hydrogens is 398 g/mol. The maximum absolute atomic E-state index is 13.2. The summed E-state index contributed by atoms with van der Waals surface area (Å²) in [6, 6.07) is 4.49. The van der Waals surface area contributed by atoms with Crippen LogP contribution in [0.5, 0.6) is 0 Å². The van der Waals surface area contributed by atoms with E-state index < -0.39 is 4.92 Å². The first-order chi connectivity index (χ1) is 13.5. The number of pyridine rings is 1. The van der Waals surface area contributed by atoms with Crippen LogP contribution in [0.3, 0.4) is 0 Å². The van der Waals surface area contributed by atoms with Crippen LogP contribution in [0.2, 0.25) is 0 Å². The second-order valence-electron chi connectivity index (χ2n) is 6.38. The van der Waals surface area contributed by atoms with E-state index in [1.165, 1.54) is 17.0 Å². The van der Waals surface area contributed by atoms with Crippen molar-refractivity contribution in [2.75, 3.05) is 0 Å². The Morgan fingerprint density at radius 3 is 2.93 bits per heavy atom. The Balaban J connectivity index is 1.83. The summed E-state index contributed by atoms with van der Waals surface area (Å²) < 4.78 is 1.65. The number of aryl methyl sites for hydroxylation is 2. The second kappa shape index (κ2) is 7.33. The molecule has 0 aromatic carbocycles. The monoisotopic (exact) mass is 413 g/mol. The first kappa shape index (κ1) is 18.6. The van der Waals surface area contributed by atoms with Gasteiger partial charge in [-0.1, -0.05) is 6.92 Å². The Morgan fingerprint density at radius 1 is 1.39 bits per heavy atom. The molecule has 4 rings (SSSR count). The van der Waals surface area contributed by atoms with E-state index in [1.54, 1.807) is 22.0 Å². The van der Waals surface area contributed by atoms with Gasteiger partial charge in [0.25, 0.3) is 5.56 Å². The minimum Gasteiger partial charge on any atom is -0.287 e. The average Bonchev–Trinajstić information content (AvgIpc) is 3.25. The molecule has 0 amide bonds. The largest absolute Gasteiger partial charge is 0.305 e. The molecule has 28 heavy (non-hydrogen) atoms. The number of thiophene rings is 1. The van der Waals surface area contributed by atoms with E-state index in [-0.39, 0.29) is 16.9 Å². The number of hydrogen-bond acceptors (Lipinski definition) is 8. The minimum absolute atomic E-state index is 0.0452. The van der Waals surface area contributed by atoms with Crippen molar-refractivity contribution in [2.45, 2.75) is 49.3 Å². The summed E-state index contributed by atoms with van der Waals surface area (Å²) in [5.41, 5.74) is 0.502. The van der Waals surface area contributed by atoms with Gasteiger partial charge in [-0.3, -0.25) is 19.5 Å². The Morgan fingerprint density at radius 2 is 2.21 bits per heavy atom. The second-order valence-corrected chi connectivity index (χ2v) is 8.45. The molecule has 0 saturated heterocycles. The molecule has 142 valence electrons. The molecular formula is C18H15N5O3S2. The topological polar surface area (TPSA) is 115 Å². The van der Waals surface area contributed by atoms with Gasteiger partial charge in [0.05, 0.1) is 10.3 Å². The maximum Gasteiger partial charge on any atom is 0.305 e. The molecule has 0 spiro atoms. The summed E-state index contributed by atoms with van der Waals surface area (Å²) in [5, 5.41) is 21.8. The van der Waals surface area contributed by atoms with Gasteiger partial charge in [-0.2, -0.15) is 5.26 Å². The molecule has 3 heterocycles. The molecule has 8 nitrogen and oxygen atoms in total. The fourth-order valence-corrected chi connectivity index (χ4v) is 5.56. The molecule has 10 heteroatoms. The Kier molecular flexibility index (Phi) is 4.87. The lowest BCUT2D eigenvalue weighted by atomic mass is 10.2. The smallest absolute Gasteiger partial charge is 0.287 e. The highest BCUT2D eigenvalue weighted by molar-refractivity contribution is 7.99. The molecule has 3 aromatic rings. The molecule has 1 aliphatic carbocycles. The van der Waals surface area contributed by atoms with Crippen molar-refractivity contribution >= 4 is 39.0 Å². The van der Waals surface area contributed by atoms with Gasteiger partial charge in [-0.25, -0.2) is 9.97 Å². The fraction of sp³-hybridized carbons (Fsp3) is 0.333. The molecule has 0 atom stereocenters. The minimum atomic E-state index is -0.634. The van der Waals surface area contributed by atoms with Crippen LogP contribution in [0, 0.1) is 21.4 Å². The molecule has 0 aliphatic heterocycles. The first-order valence-electron chi connectivity index (χ1n) is 8.82. The van der Waals surface area contributed by atoms with Crippen LogP contribution in [-0.2, 0) is 19.4 Å². The molecule has 0 N–H and O–H groups in total. The molecule has 1 aliphatic rings. The molecule has 0 bridgehead atoms. The number of nitrogens with zero attached hydrogens (tertiary/aromatic N) is 5. The van der Waals surface area contributed by atoms with E-state index in [0.29, 0.717) is 16.7 Å². The number of nitriles is 1. The van der Waals surface area contributed by atoms with Crippen molar-refractivity contribution in [3.8, 4) is 6.07 Å². The van der Waals surface area contributed by atoms with Gasteiger partial charge >= 0.3 is 5.69 Å². The third-order valence-corrected chi connectivity index (χ3v) is 6.70. The highest BCUT2D eigenvalue weighted by Crippen LogP contribution is 2.36. The van der Waals surface area contributed by atoms with Gasteiger partial charge in [0.2, 0.25) is 5.69 Å². The lowest BCUT2D eigenvalue weighted by Gasteiger charge is -2.11. The lowest BCUT2D eigenvalue weighted by Crippen LogP contribution is -2.23. The Labute approximate surface area is 168 Å². The molecule has 0 saturated carbocycles. The summed E-state index contributed by atoms with van der Waals surface area (Å²) in [4.78, 5) is 34.3. The summed E-state index contributed by atoms with van der Waals surface area (Å²) in [6.07, 6.45) is 3.75. The van der Waals surface area contributed by atoms with Crippen molar-refractivity contribution in [1.29, 1.82) is 5.26 Å². The summed E-state index contributed by atoms with van der Waals surface area (Å²) in [7, 11) is 0. The summed E-state index contributed by atoms with van der Waals surface area (Å²) >= 11 is 2.71. The van der Waals surface area contributed by atoms with E-state index in [0.717, 1.165) is 53.2 Å². The summed E-state index contributed by atoms with van der Waals surface area (Å²) in [6.45, 7) is 2.51. The standard InChI is InChI=1S/C18H15N5O3S2/c1-2-8-22-17(24)15-10-4-3-5-13(10)27-16(15)21-18(22)28-14-7-6-12(23(25)26)11(9-19)20-14/h6-7H,2-5,8H2,1H3. The molecule has 0 unspecified atom stereocenters. The van der Waals surface area contributed by atoms with E-state index in [1.807, 2.05) is 6.92 Å². The zero-order valence-corrected chi connectivity index (χ0v) is 16.6. The third-order valence-electron chi connectivity index (χ3n) is 4.58. The number of hydrogen-bond donors (Lipinski definition) is 0. The number of fused-ring (bicyclic) bond motifs is 3. The zero-order valence-electron chi connectivity index (χ0n) is 15.0. The van der Waals surface area contributed by atoms with Crippen LogP contribution in [0.15, 0.2) is 27.1 Å². The van der Waals surface area contributed by atoms with E-state index >= 15 is 0 Å². The van der Waals surface area contributed by atoms with Crippen LogP contribution in [0.1, 0.15) is 35.9 Å². The number of nitro groups is 1. The van der Waals surface area contributed by atoms with Gasteiger partial charge in [0.15, 0.2) is 5.16 Å². The lowest BCUT2D eigenvalue weighted by molar-refractivity contribution is -0.385. The predicted octanol–water partition coefficient (Wildman–Crippen LogP) is 3.68. The fourth-order valence-electron chi connectivity index (χ4n) is 3.37. The van der Waals surface area contributed by atoms with Gasteiger partial charge in [-0.05, 0) is 49.1 Å². The predicted molar refractivity (Wildman–Crippen MR) is 106 cm³/mol. The Bertz CT molecular complexity index is 1210. The van der Waals surface area contributed by atoms with E-state index in [9.17, 15) is 14.9 Å². The van der Waals surface area contributed by atoms with Gasteiger partial charge < -0.3 is 0 Å². The van der Waals surface area contributed by atoms with E-state index in [4.69, 9.17) is 10.2 Å². The number of aromatic nitrogens is 3. The van der Waals surface area contributed by atoms with Crippen LogP contribution in [-0.4, -0.2) is 19.5 Å². The van der Waals surface area contributed by atoms with Gasteiger partial charge in [0, 0.05) is 17.5 Å². The SMILES string of the molecule is CCCn1c(Sc2ccc([N+](=O)[O-])c(C#N)n2)nc2sc3c(c2c1=O)CCC3. The normalized spacial score (nSPS) is 12.9. The van der Waals surface area contributed by atoms with E-state index in [2.05, 4.69) is 4.98 Å². The zero-order chi connectivity index (χ0) is 19.8. The van der Waals surface area contributed by atoms with Crippen LogP contribution < -0.4 is 5.56 Å². The quantitative estimate of drug-likeness (QED) is 0.356. The molecule has 0 radical (unpaired) electrons. The highest BCUT2D eigenvalue weighted by Gasteiger charge is 2.24. The maximum atomic E-state index is 13.2. The first-order valence-corrected chi connectivity index (χ1v) is 10.4. The van der Waals surface area contributed by atoms with Crippen molar-refractivity contribution in [3.05, 3.63) is 48.7 Å². The molecule has 3 aromatic heterocycles. The van der Waals surface area contributed by atoms with Crippen LogP contribution >= 0.6 is 23.1 Å². The third kappa shape index (κ3) is 3.06. The number of rotatable bonds is 5. The average molecular weight is 413 g/mol. The van der Waals surface area contributed by atoms with Crippen LogP contribution in [0.4, 0.5) is 5.69 Å². The summed E-state index contributed by atoms with van der Waals surface area (Å²) in [5.74, 6) is 0. The van der Waals surface area contributed by atoms with Crippen molar-refractivity contribution in [1.82, 2.24) is 14.5 Å². The van der Waals surface area contributed by atoms with Crippen molar-refractivity contribution in [2.24, 2.45) is 0 Å². The molecule has 0 fully saturated rings. The highest BCUT2D eigenvalue weighted by atomic mass is 32.2. The van der Waals surface area contributed by atoms with Gasteiger partial charge in [-0.15, -0.1) is 11.3 Å². The van der Waals surface area contributed by atoms with Gasteiger partial charge in [0.1, 0.15) is 15.9 Å². The van der Waals surface area contributed by atoms with Crippen molar-refractivity contribution < 1.29 is 4.92 Å². The van der Waals surface area contributed by atoms with Crippen LogP contribution in [0.25, 0.3) is 10.2 Å². The van der Waals surface area contributed by atoms with Crippen molar-refractivity contribution in [3.63, 3.8) is 0 Å². The Hall–Kier alpha value is -2.77.